The lowest BCUT2D eigenvalue weighted by atomic mass is 10.1. The van der Waals surface area contributed by atoms with E-state index in [9.17, 15) is 4.79 Å². The first-order chi connectivity index (χ1) is 12.2. The monoisotopic (exact) mass is 337 g/mol. The number of benzene rings is 1. The number of ether oxygens (including phenoxy) is 1. The molecule has 2 aromatic heterocycles. The van der Waals surface area contributed by atoms with Crippen LogP contribution >= 0.6 is 0 Å². The molecule has 1 aromatic carbocycles. The van der Waals surface area contributed by atoms with Gasteiger partial charge in [0.1, 0.15) is 5.69 Å². The predicted molar refractivity (Wildman–Crippen MR) is 92.7 cm³/mol. The second-order valence-corrected chi connectivity index (χ2v) is 5.78. The average molecular weight is 337 g/mol. The summed E-state index contributed by atoms with van der Waals surface area (Å²) < 4.78 is 10.1. The Bertz CT molecular complexity index is 829. The van der Waals surface area contributed by atoms with Crippen LogP contribution in [0.4, 0.5) is 0 Å². The Morgan fingerprint density at radius 2 is 1.84 bits per heavy atom. The Kier molecular flexibility index (Phi) is 5.20. The predicted octanol–water partition coefficient (Wildman–Crippen LogP) is 3.16. The number of rotatable bonds is 6. The third-order valence-electron chi connectivity index (χ3n) is 3.79. The van der Waals surface area contributed by atoms with E-state index in [1.54, 1.807) is 24.5 Å². The zero-order valence-electron chi connectivity index (χ0n) is 14.2. The van der Waals surface area contributed by atoms with Gasteiger partial charge in [-0.25, -0.2) is 4.79 Å². The summed E-state index contributed by atoms with van der Waals surface area (Å²) >= 11 is 0. The van der Waals surface area contributed by atoms with Gasteiger partial charge in [-0.1, -0.05) is 17.3 Å². The molecular weight excluding hydrogens is 318 g/mol. The van der Waals surface area contributed by atoms with Gasteiger partial charge in [0.25, 0.3) is 0 Å². The van der Waals surface area contributed by atoms with Gasteiger partial charge in [-0.15, -0.1) is 0 Å². The van der Waals surface area contributed by atoms with Gasteiger partial charge >= 0.3 is 5.97 Å². The van der Waals surface area contributed by atoms with Crippen LogP contribution in [0.1, 0.15) is 21.7 Å². The Morgan fingerprint density at radius 1 is 1.12 bits per heavy atom. The molecule has 0 saturated carbocycles. The summed E-state index contributed by atoms with van der Waals surface area (Å²) in [5.74, 6) is 0.464. The number of nitrogens with zero attached hydrogens (tertiary/aromatic N) is 3. The smallest absolute Gasteiger partial charge is 0.337 e. The molecular formula is C19H19N3O3. The molecule has 0 amide bonds. The van der Waals surface area contributed by atoms with Gasteiger partial charge in [-0.2, -0.15) is 0 Å². The summed E-state index contributed by atoms with van der Waals surface area (Å²) in [6.45, 7) is 1.36. The van der Waals surface area contributed by atoms with Crippen LogP contribution in [0.3, 0.4) is 0 Å². The normalized spacial score (nSPS) is 10.8. The Labute approximate surface area is 146 Å². The van der Waals surface area contributed by atoms with Crippen molar-refractivity contribution in [2.24, 2.45) is 0 Å². The molecule has 0 aliphatic carbocycles. The molecule has 0 spiro atoms. The van der Waals surface area contributed by atoms with E-state index in [-0.39, 0.29) is 5.97 Å². The van der Waals surface area contributed by atoms with Crippen molar-refractivity contribution in [2.75, 3.05) is 14.2 Å². The maximum atomic E-state index is 11.5. The minimum atomic E-state index is -0.329. The van der Waals surface area contributed by atoms with E-state index in [2.05, 4.69) is 15.0 Å². The average Bonchev–Trinajstić information content (AvgIpc) is 3.10. The fourth-order valence-corrected chi connectivity index (χ4v) is 2.54. The number of methoxy groups -OCH3 is 1. The summed E-state index contributed by atoms with van der Waals surface area (Å²) in [6, 6.07) is 13.1. The van der Waals surface area contributed by atoms with Crippen LogP contribution in [0, 0.1) is 0 Å². The van der Waals surface area contributed by atoms with Crippen molar-refractivity contribution in [1.29, 1.82) is 0 Å². The molecule has 0 N–H and O–H groups in total. The lowest BCUT2D eigenvalue weighted by molar-refractivity contribution is 0.0600. The van der Waals surface area contributed by atoms with Crippen LogP contribution in [-0.2, 0) is 17.8 Å². The van der Waals surface area contributed by atoms with Gasteiger partial charge in [0.15, 0.2) is 5.76 Å². The summed E-state index contributed by atoms with van der Waals surface area (Å²) in [6.07, 6.45) is 3.46. The van der Waals surface area contributed by atoms with E-state index >= 15 is 0 Å². The van der Waals surface area contributed by atoms with Gasteiger partial charge in [0, 0.05) is 30.6 Å². The van der Waals surface area contributed by atoms with Crippen molar-refractivity contribution in [3.8, 4) is 11.3 Å². The molecule has 0 radical (unpaired) electrons. The van der Waals surface area contributed by atoms with Crippen molar-refractivity contribution in [3.63, 3.8) is 0 Å². The van der Waals surface area contributed by atoms with E-state index in [0.29, 0.717) is 12.1 Å². The van der Waals surface area contributed by atoms with Crippen molar-refractivity contribution < 1.29 is 14.1 Å². The van der Waals surface area contributed by atoms with Crippen LogP contribution in [0.15, 0.2) is 59.4 Å². The Balaban J connectivity index is 1.60. The van der Waals surface area contributed by atoms with Gasteiger partial charge in [0.2, 0.25) is 0 Å². The maximum absolute atomic E-state index is 11.5. The van der Waals surface area contributed by atoms with Crippen LogP contribution in [0.5, 0.6) is 0 Å². The molecule has 0 atom stereocenters. The topological polar surface area (TPSA) is 68.5 Å². The molecule has 0 unspecified atom stereocenters. The summed E-state index contributed by atoms with van der Waals surface area (Å²) in [5.41, 5.74) is 3.43. The van der Waals surface area contributed by atoms with Gasteiger partial charge in [-0.3, -0.25) is 9.88 Å². The standard InChI is InChI=1S/C19H19N3O3/c1-22(12-14-3-5-16(6-4-14)19(23)24-2)13-17-11-18(21-25-17)15-7-9-20-10-8-15/h3-11H,12-13H2,1-2H3. The highest BCUT2D eigenvalue weighted by Crippen LogP contribution is 2.19. The maximum Gasteiger partial charge on any atom is 0.337 e. The first kappa shape index (κ1) is 16.9. The number of hydrogen-bond acceptors (Lipinski definition) is 6. The molecule has 0 aliphatic rings. The Morgan fingerprint density at radius 3 is 2.52 bits per heavy atom. The van der Waals surface area contributed by atoms with E-state index < -0.39 is 0 Å². The summed E-state index contributed by atoms with van der Waals surface area (Å²) in [7, 11) is 3.38. The third-order valence-corrected chi connectivity index (χ3v) is 3.79. The largest absolute Gasteiger partial charge is 0.465 e. The van der Waals surface area contributed by atoms with Gasteiger partial charge in [-0.05, 0) is 36.9 Å². The highest BCUT2D eigenvalue weighted by Gasteiger charge is 2.10. The van der Waals surface area contributed by atoms with Crippen LogP contribution in [-0.4, -0.2) is 35.2 Å². The van der Waals surface area contributed by atoms with E-state index in [0.717, 1.165) is 29.1 Å². The first-order valence-electron chi connectivity index (χ1n) is 7.87. The van der Waals surface area contributed by atoms with Crippen LogP contribution in [0.2, 0.25) is 0 Å². The molecule has 2 heterocycles. The van der Waals surface area contributed by atoms with Crippen molar-refractivity contribution in [1.82, 2.24) is 15.0 Å². The molecule has 3 rings (SSSR count). The fraction of sp³-hybridized carbons (Fsp3) is 0.211. The van der Waals surface area contributed by atoms with Crippen molar-refractivity contribution in [2.45, 2.75) is 13.1 Å². The fourth-order valence-electron chi connectivity index (χ4n) is 2.54. The minimum absolute atomic E-state index is 0.329. The number of esters is 1. The lowest BCUT2D eigenvalue weighted by Gasteiger charge is -2.14. The number of carbonyl (C=O) groups is 1. The zero-order chi connectivity index (χ0) is 17.6. The molecule has 128 valence electrons. The van der Waals surface area contributed by atoms with Crippen LogP contribution < -0.4 is 0 Å². The lowest BCUT2D eigenvalue weighted by Crippen LogP contribution is -2.17. The quantitative estimate of drug-likeness (QED) is 0.644. The van der Waals surface area contributed by atoms with E-state index in [4.69, 9.17) is 9.26 Å². The first-order valence-corrected chi connectivity index (χ1v) is 7.87. The highest BCUT2D eigenvalue weighted by molar-refractivity contribution is 5.89. The summed E-state index contributed by atoms with van der Waals surface area (Å²) in [5, 5.41) is 4.11. The molecule has 25 heavy (non-hydrogen) atoms. The van der Waals surface area contributed by atoms with Crippen molar-refractivity contribution >= 4 is 5.97 Å². The number of aromatic nitrogens is 2. The molecule has 0 saturated heterocycles. The van der Waals surface area contributed by atoms with Gasteiger partial charge in [0.05, 0.1) is 19.2 Å². The molecule has 0 fully saturated rings. The SMILES string of the molecule is COC(=O)c1ccc(CN(C)Cc2cc(-c3ccncc3)no2)cc1. The molecule has 3 aromatic rings. The molecule has 6 heteroatoms. The second kappa shape index (κ2) is 7.72. The summed E-state index contributed by atoms with van der Waals surface area (Å²) in [4.78, 5) is 17.6. The van der Waals surface area contributed by atoms with E-state index in [1.807, 2.05) is 37.4 Å². The molecule has 6 nitrogen and oxygen atoms in total. The number of hydrogen-bond donors (Lipinski definition) is 0. The van der Waals surface area contributed by atoms with E-state index in [1.165, 1.54) is 7.11 Å². The Hall–Kier alpha value is -2.99. The third kappa shape index (κ3) is 4.30. The number of carbonyl (C=O) groups excluding carboxylic acids is 1. The van der Waals surface area contributed by atoms with Gasteiger partial charge < -0.3 is 9.26 Å². The number of pyridine rings is 1. The molecule has 0 bridgehead atoms. The molecule has 0 aliphatic heterocycles. The highest BCUT2D eigenvalue weighted by atomic mass is 16.5. The minimum Gasteiger partial charge on any atom is -0.465 e. The van der Waals surface area contributed by atoms with Crippen LogP contribution in [0.25, 0.3) is 11.3 Å². The zero-order valence-corrected chi connectivity index (χ0v) is 14.2. The van der Waals surface area contributed by atoms with Crippen molar-refractivity contribution in [3.05, 3.63) is 71.7 Å². The second-order valence-electron chi connectivity index (χ2n) is 5.78.